The highest BCUT2D eigenvalue weighted by atomic mass is 14.7. The maximum atomic E-state index is 4.78. The van der Waals surface area contributed by atoms with Crippen molar-refractivity contribution in [3.8, 4) is 11.3 Å². The highest BCUT2D eigenvalue weighted by Gasteiger charge is 2.17. The molecule has 0 atom stereocenters. The summed E-state index contributed by atoms with van der Waals surface area (Å²) in [6.45, 7) is 4.38. The summed E-state index contributed by atoms with van der Waals surface area (Å²) >= 11 is 0. The number of H-pyrrole nitrogens is 1. The zero-order valence-electron chi connectivity index (χ0n) is 14.3. The van der Waals surface area contributed by atoms with Crippen LogP contribution in [0.1, 0.15) is 11.1 Å². The first kappa shape index (κ1) is 14.2. The van der Waals surface area contributed by atoms with Gasteiger partial charge in [0.15, 0.2) is 0 Å². The first-order valence-corrected chi connectivity index (χ1v) is 8.59. The molecule has 0 saturated heterocycles. The molecule has 0 aliphatic rings. The monoisotopic (exact) mass is 322 g/mol. The summed E-state index contributed by atoms with van der Waals surface area (Å²) in [6.07, 6.45) is 1.91. The van der Waals surface area contributed by atoms with Gasteiger partial charge in [-0.3, -0.25) is 4.98 Å². The molecule has 25 heavy (non-hydrogen) atoms. The van der Waals surface area contributed by atoms with Crippen LogP contribution in [-0.4, -0.2) is 9.97 Å². The fraction of sp³-hybridized carbons (Fsp3) is 0.0870. The number of fused-ring (bicyclic) bond motifs is 4. The van der Waals surface area contributed by atoms with E-state index in [1.807, 2.05) is 6.20 Å². The molecule has 0 saturated carbocycles. The van der Waals surface area contributed by atoms with Gasteiger partial charge in [-0.15, -0.1) is 0 Å². The maximum Gasteiger partial charge on any atom is 0.0804 e. The number of rotatable bonds is 1. The van der Waals surface area contributed by atoms with Crippen LogP contribution in [0, 0.1) is 13.8 Å². The number of pyridine rings is 1. The van der Waals surface area contributed by atoms with Crippen molar-refractivity contribution in [3.05, 3.63) is 78.0 Å². The second-order valence-electron chi connectivity index (χ2n) is 6.67. The molecule has 120 valence electrons. The minimum Gasteiger partial charge on any atom is -0.354 e. The summed E-state index contributed by atoms with van der Waals surface area (Å²) in [6, 6.07) is 21.3. The van der Waals surface area contributed by atoms with Gasteiger partial charge in [-0.25, -0.2) is 0 Å². The van der Waals surface area contributed by atoms with E-state index < -0.39 is 0 Å². The number of para-hydroxylation sites is 1. The van der Waals surface area contributed by atoms with E-state index in [9.17, 15) is 0 Å². The first-order valence-electron chi connectivity index (χ1n) is 8.59. The van der Waals surface area contributed by atoms with Gasteiger partial charge in [-0.1, -0.05) is 42.5 Å². The molecule has 0 fully saturated rings. The Morgan fingerprint density at radius 2 is 1.56 bits per heavy atom. The van der Waals surface area contributed by atoms with Crippen LogP contribution in [0.3, 0.4) is 0 Å². The molecule has 5 aromatic rings. The molecule has 3 aromatic carbocycles. The van der Waals surface area contributed by atoms with Crippen LogP contribution < -0.4 is 0 Å². The Morgan fingerprint density at radius 3 is 2.44 bits per heavy atom. The van der Waals surface area contributed by atoms with Crippen LogP contribution in [0.5, 0.6) is 0 Å². The van der Waals surface area contributed by atoms with Crippen LogP contribution in [-0.2, 0) is 0 Å². The van der Waals surface area contributed by atoms with Crippen LogP contribution in [0.25, 0.3) is 43.8 Å². The number of hydrogen-bond donors (Lipinski definition) is 1. The first-order chi connectivity index (χ1) is 12.2. The van der Waals surface area contributed by atoms with E-state index in [4.69, 9.17) is 4.98 Å². The van der Waals surface area contributed by atoms with E-state index in [2.05, 4.69) is 79.5 Å². The Bertz CT molecular complexity index is 1260. The molecule has 0 unspecified atom stereocenters. The van der Waals surface area contributed by atoms with Gasteiger partial charge in [-0.05, 0) is 48.6 Å². The molecular weight excluding hydrogens is 304 g/mol. The van der Waals surface area contributed by atoms with Crippen LogP contribution >= 0.6 is 0 Å². The normalized spacial score (nSPS) is 11.6. The predicted octanol–water partition coefficient (Wildman–Crippen LogP) is 6.15. The van der Waals surface area contributed by atoms with E-state index in [0.29, 0.717) is 0 Å². The zero-order chi connectivity index (χ0) is 17.0. The van der Waals surface area contributed by atoms with Gasteiger partial charge in [0.25, 0.3) is 0 Å². The van der Waals surface area contributed by atoms with E-state index in [1.54, 1.807) is 0 Å². The lowest BCUT2D eigenvalue weighted by molar-refractivity contribution is 1.31. The van der Waals surface area contributed by atoms with Gasteiger partial charge < -0.3 is 4.98 Å². The molecule has 5 rings (SSSR count). The number of benzene rings is 3. The maximum absolute atomic E-state index is 4.78. The fourth-order valence-corrected chi connectivity index (χ4v) is 3.84. The van der Waals surface area contributed by atoms with Gasteiger partial charge in [0, 0.05) is 33.4 Å². The standard InChI is InChI=1S/C23H18N2/c1-14-13-19-18-9-5-6-10-20(18)25-23(19)21(15(14)2)22-17-8-4-3-7-16(17)11-12-24-22/h3-13,25H,1-2H3. The van der Waals surface area contributed by atoms with Crippen molar-refractivity contribution in [1.82, 2.24) is 9.97 Å². The summed E-state index contributed by atoms with van der Waals surface area (Å²) in [4.78, 5) is 8.42. The number of aromatic amines is 1. The van der Waals surface area contributed by atoms with Gasteiger partial charge in [0.2, 0.25) is 0 Å². The molecule has 0 bridgehead atoms. The lowest BCUT2D eigenvalue weighted by Crippen LogP contribution is -1.93. The lowest BCUT2D eigenvalue weighted by atomic mass is 9.94. The van der Waals surface area contributed by atoms with E-state index in [1.165, 1.54) is 49.3 Å². The molecule has 0 radical (unpaired) electrons. The molecule has 1 N–H and O–H groups in total. The van der Waals surface area contributed by atoms with E-state index >= 15 is 0 Å². The van der Waals surface area contributed by atoms with Gasteiger partial charge in [-0.2, -0.15) is 0 Å². The number of nitrogens with zero attached hydrogens (tertiary/aromatic N) is 1. The third kappa shape index (κ3) is 2.01. The molecule has 2 aromatic heterocycles. The molecule has 0 aliphatic heterocycles. The Kier molecular flexibility index (Phi) is 2.95. The molecule has 0 spiro atoms. The smallest absolute Gasteiger partial charge is 0.0804 e. The van der Waals surface area contributed by atoms with Crippen molar-refractivity contribution in [2.75, 3.05) is 0 Å². The summed E-state index contributed by atoms with van der Waals surface area (Å²) in [5.74, 6) is 0. The largest absolute Gasteiger partial charge is 0.354 e. The van der Waals surface area contributed by atoms with Gasteiger partial charge in [0.1, 0.15) is 0 Å². The van der Waals surface area contributed by atoms with Crippen molar-refractivity contribution in [2.45, 2.75) is 13.8 Å². The van der Waals surface area contributed by atoms with Crippen molar-refractivity contribution in [1.29, 1.82) is 0 Å². The number of aryl methyl sites for hydroxylation is 1. The number of hydrogen-bond acceptors (Lipinski definition) is 1. The molecule has 2 heteroatoms. The summed E-state index contributed by atoms with van der Waals surface area (Å²) in [5.41, 5.74) is 7.18. The topological polar surface area (TPSA) is 28.7 Å². The minimum atomic E-state index is 1.05. The Morgan fingerprint density at radius 1 is 0.800 bits per heavy atom. The van der Waals surface area contributed by atoms with Crippen LogP contribution in [0.2, 0.25) is 0 Å². The second-order valence-corrected chi connectivity index (χ2v) is 6.67. The number of aromatic nitrogens is 2. The quantitative estimate of drug-likeness (QED) is 0.394. The Balaban J connectivity index is 2.00. The van der Waals surface area contributed by atoms with Crippen molar-refractivity contribution < 1.29 is 0 Å². The Hall–Kier alpha value is -3.13. The van der Waals surface area contributed by atoms with Crippen LogP contribution in [0.4, 0.5) is 0 Å². The Labute approximate surface area is 146 Å². The summed E-state index contributed by atoms with van der Waals surface area (Å²) in [5, 5.41) is 4.95. The van der Waals surface area contributed by atoms with Gasteiger partial charge >= 0.3 is 0 Å². The van der Waals surface area contributed by atoms with Crippen molar-refractivity contribution >= 4 is 32.6 Å². The summed E-state index contributed by atoms with van der Waals surface area (Å²) in [7, 11) is 0. The molecule has 2 heterocycles. The second kappa shape index (κ2) is 5.18. The highest BCUT2D eigenvalue weighted by Crippen LogP contribution is 2.38. The predicted molar refractivity (Wildman–Crippen MR) is 106 cm³/mol. The third-order valence-electron chi connectivity index (χ3n) is 5.23. The molecule has 0 amide bonds. The molecule has 2 nitrogen and oxygen atoms in total. The SMILES string of the molecule is Cc1cc2c([nH]c3ccccc32)c(-c2nccc3ccccc23)c1C. The molecular formula is C23H18N2. The number of nitrogens with one attached hydrogen (secondary N) is 1. The van der Waals surface area contributed by atoms with E-state index in [0.717, 1.165) is 5.69 Å². The van der Waals surface area contributed by atoms with Gasteiger partial charge in [0.05, 0.1) is 11.2 Å². The fourth-order valence-electron chi connectivity index (χ4n) is 3.84. The third-order valence-corrected chi connectivity index (χ3v) is 5.23. The van der Waals surface area contributed by atoms with Crippen molar-refractivity contribution in [3.63, 3.8) is 0 Å². The highest BCUT2D eigenvalue weighted by molar-refractivity contribution is 6.14. The average molecular weight is 322 g/mol. The van der Waals surface area contributed by atoms with Crippen LogP contribution in [0.15, 0.2) is 66.9 Å². The summed E-state index contributed by atoms with van der Waals surface area (Å²) < 4.78 is 0. The zero-order valence-corrected chi connectivity index (χ0v) is 14.3. The van der Waals surface area contributed by atoms with E-state index in [-0.39, 0.29) is 0 Å². The minimum absolute atomic E-state index is 1.05. The molecule has 0 aliphatic carbocycles. The lowest BCUT2D eigenvalue weighted by Gasteiger charge is -2.13. The average Bonchev–Trinajstić information content (AvgIpc) is 3.00. The van der Waals surface area contributed by atoms with Crippen molar-refractivity contribution in [2.24, 2.45) is 0 Å².